The van der Waals surface area contributed by atoms with Crippen molar-refractivity contribution in [3.05, 3.63) is 64.7 Å². The van der Waals surface area contributed by atoms with E-state index >= 15 is 0 Å². The summed E-state index contributed by atoms with van der Waals surface area (Å²) in [5.41, 5.74) is 3.42. The zero-order valence-corrected chi connectivity index (χ0v) is 17.1. The summed E-state index contributed by atoms with van der Waals surface area (Å²) in [5.74, 6) is -0.754. The number of amides is 2. The van der Waals surface area contributed by atoms with Crippen molar-refractivity contribution in [2.24, 2.45) is 0 Å². The highest BCUT2D eigenvalue weighted by molar-refractivity contribution is 5.96. The molecule has 2 amide bonds. The number of aryl methyl sites for hydroxylation is 2. The van der Waals surface area contributed by atoms with Gasteiger partial charge in [-0.15, -0.1) is 0 Å². The normalized spacial score (nSPS) is 11.3. The van der Waals surface area contributed by atoms with Gasteiger partial charge in [0.25, 0.3) is 11.8 Å². The smallest absolute Gasteiger partial charge is 0.326 e. The van der Waals surface area contributed by atoms with E-state index in [1.54, 1.807) is 31.4 Å². The molecule has 2 rings (SSSR count). The topological polar surface area (TPSA) is 93.7 Å². The zero-order chi connectivity index (χ0) is 21.4. The lowest BCUT2D eigenvalue weighted by atomic mass is 10.1. The molecule has 0 aromatic heterocycles. The van der Waals surface area contributed by atoms with Gasteiger partial charge < -0.3 is 20.1 Å². The van der Waals surface area contributed by atoms with E-state index in [2.05, 4.69) is 10.6 Å². The van der Waals surface area contributed by atoms with Gasteiger partial charge in [-0.25, -0.2) is 0 Å². The second-order valence-corrected chi connectivity index (χ2v) is 6.68. The largest absolute Gasteiger partial charge is 0.497 e. The molecule has 0 saturated carbocycles. The Kier molecular flexibility index (Phi) is 7.77. The van der Waals surface area contributed by atoms with Crippen LogP contribution >= 0.6 is 0 Å². The van der Waals surface area contributed by atoms with Crippen LogP contribution in [0, 0.1) is 13.8 Å². The van der Waals surface area contributed by atoms with Crippen LogP contribution in [-0.4, -0.2) is 37.5 Å². The minimum absolute atomic E-state index is 0.300. The van der Waals surface area contributed by atoms with E-state index in [1.165, 1.54) is 6.92 Å². The molecule has 0 spiro atoms. The fourth-order valence-corrected chi connectivity index (χ4v) is 2.51. The van der Waals surface area contributed by atoms with Crippen LogP contribution in [0.5, 0.6) is 5.75 Å². The fourth-order valence-electron chi connectivity index (χ4n) is 2.51. The summed E-state index contributed by atoms with van der Waals surface area (Å²) in [5, 5.41) is 5.20. The molecule has 0 aliphatic carbocycles. The third-order valence-electron chi connectivity index (χ3n) is 4.47. The van der Waals surface area contributed by atoms with Crippen LogP contribution in [0.3, 0.4) is 0 Å². The van der Waals surface area contributed by atoms with Crippen molar-refractivity contribution in [3.8, 4) is 5.75 Å². The van der Waals surface area contributed by atoms with Crippen LogP contribution < -0.4 is 15.4 Å². The molecule has 2 N–H and O–H groups in total. The number of carbonyl (C=O) groups is 3. The van der Waals surface area contributed by atoms with Crippen molar-refractivity contribution < 1.29 is 23.9 Å². The molecule has 0 radical (unpaired) electrons. The van der Waals surface area contributed by atoms with E-state index in [0.717, 1.165) is 22.4 Å². The maximum atomic E-state index is 12.1. The van der Waals surface area contributed by atoms with Crippen LogP contribution in [0.4, 0.5) is 0 Å². The van der Waals surface area contributed by atoms with Gasteiger partial charge in [-0.05, 0) is 61.7 Å². The summed E-state index contributed by atoms with van der Waals surface area (Å²) in [4.78, 5) is 36.2. The van der Waals surface area contributed by atoms with Crippen LogP contribution in [0.15, 0.2) is 42.5 Å². The summed E-state index contributed by atoms with van der Waals surface area (Å²) in [6, 6.07) is 12.5. The van der Waals surface area contributed by atoms with Crippen LogP contribution in [0.1, 0.15) is 34.0 Å². The predicted octanol–water partition coefficient (Wildman–Crippen LogP) is 2.29. The number of hydrogen-bond donors (Lipinski definition) is 2. The van der Waals surface area contributed by atoms with Gasteiger partial charge in [0.1, 0.15) is 12.3 Å². The minimum atomic E-state index is -0.973. The molecule has 0 fully saturated rings. The lowest BCUT2D eigenvalue weighted by Gasteiger charge is -2.14. The van der Waals surface area contributed by atoms with Gasteiger partial charge in [-0.2, -0.15) is 0 Å². The molecule has 29 heavy (non-hydrogen) atoms. The quantitative estimate of drug-likeness (QED) is 0.666. The first-order valence-electron chi connectivity index (χ1n) is 9.25. The monoisotopic (exact) mass is 398 g/mol. The second kappa shape index (κ2) is 10.3. The Balaban J connectivity index is 1.76. The van der Waals surface area contributed by atoms with Crippen molar-refractivity contribution in [2.75, 3.05) is 13.7 Å². The number of carbonyl (C=O) groups excluding carboxylic acids is 3. The first-order valence-corrected chi connectivity index (χ1v) is 9.25. The average Bonchev–Trinajstić information content (AvgIpc) is 2.72. The van der Waals surface area contributed by atoms with Crippen molar-refractivity contribution in [1.29, 1.82) is 0 Å². The third-order valence-corrected chi connectivity index (χ3v) is 4.47. The Hall–Kier alpha value is -3.35. The number of methoxy groups -OCH3 is 1. The lowest BCUT2D eigenvalue weighted by Crippen LogP contribution is -2.38. The van der Waals surface area contributed by atoms with Crippen molar-refractivity contribution in [2.45, 2.75) is 33.4 Å². The van der Waals surface area contributed by atoms with Gasteiger partial charge in [-0.1, -0.05) is 18.2 Å². The number of hydrogen-bond acceptors (Lipinski definition) is 5. The Labute approximate surface area is 170 Å². The summed E-state index contributed by atoms with van der Waals surface area (Å²) in [6.45, 7) is 5.32. The number of nitrogens with one attached hydrogen (secondary N) is 2. The van der Waals surface area contributed by atoms with E-state index in [0.29, 0.717) is 12.1 Å². The molecule has 0 bridgehead atoms. The van der Waals surface area contributed by atoms with Gasteiger partial charge in [0.2, 0.25) is 0 Å². The summed E-state index contributed by atoms with van der Waals surface area (Å²) in [7, 11) is 1.58. The van der Waals surface area contributed by atoms with Crippen LogP contribution in [0.25, 0.3) is 0 Å². The van der Waals surface area contributed by atoms with Crippen molar-refractivity contribution in [1.82, 2.24) is 10.6 Å². The van der Waals surface area contributed by atoms with Gasteiger partial charge in [0.15, 0.2) is 6.10 Å². The Morgan fingerprint density at radius 3 is 2.28 bits per heavy atom. The van der Waals surface area contributed by atoms with E-state index in [1.807, 2.05) is 32.0 Å². The highest BCUT2D eigenvalue weighted by atomic mass is 16.5. The Morgan fingerprint density at radius 1 is 0.966 bits per heavy atom. The van der Waals surface area contributed by atoms with Crippen molar-refractivity contribution in [3.63, 3.8) is 0 Å². The van der Waals surface area contributed by atoms with Gasteiger partial charge >= 0.3 is 5.97 Å². The SMILES string of the molecule is COc1ccc(CNC(=O)[C@@H](C)OC(=O)CNC(=O)c2ccc(C)c(C)c2)cc1. The zero-order valence-electron chi connectivity index (χ0n) is 17.1. The molecule has 0 saturated heterocycles. The summed E-state index contributed by atoms with van der Waals surface area (Å²) >= 11 is 0. The molecule has 0 aliphatic rings. The Bertz CT molecular complexity index is 877. The first-order chi connectivity index (χ1) is 13.8. The molecular formula is C22H26N2O5. The van der Waals surface area contributed by atoms with E-state index in [-0.39, 0.29) is 12.5 Å². The third kappa shape index (κ3) is 6.64. The molecule has 7 heteroatoms. The molecule has 7 nitrogen and oxygen atoms in total. The second-order valence-electron chi connectivity index (χ2n) is 6.68. The van der Waals surface area contributed by atoms with Gasteiger partial charge in [0, 0.05) is 12.1 Å². The van der Waals surface area contributed by atoms with Crippen LogP contribution in [-0.2, 0) is 20.9 Å². The molecule has 1 atom stereocenters. The first kappa shape index (κ1) is 21.9. The number of esters is 1. The average molecular weight is 398 g/mol. The highest BCUT2D eigenvalue weighted by Gasteiger charge is 2.18. The van der Waals surface area contributed by atoms with E-state index < -0.39 is 18.0 Å². The minimum Gasteiger partial charge on any atom is -0.497 e. The van der Waals surface area contributed by atoms with E-state index in [4.69, 9.17) is 9.47 Å². The summed E-state index contributed by atoms with van der Waals surface area (Å²) in [6.07, 6.45) is -0.973. The number of ether oxygens (including phenoxy) is 2. The summed E-state index contributed by atoms with van der Waals surface area (Å²) < 4.78 is 10.2. The fraction of sp³-hybridized carbons (Fsp3) is 0.318. The molecule has 0 aliphatic heterocycles. The molecule has 0 unspecified atom stereocenters. The number of benzene rings is 2. The maximum absolute atomic E-state index is 12.1. The van der Waals surface area contributed by atoms with Gasteiger partial charge in [0.05, 0.1) is 7.11 Å². The molecule has 2 aromatic carbocycles. The molecular weight excluding hydrogens is 372 g/mol. The number of rotatable bonds is 8. The lowest BCUT2D eigenvalue weighted by molar-refractivity contribution is -0.153. The van der Waals surface area contributed by atoms with Crippen LogP contribution in [0.2, 0.25) is 0 Å². The molecule has 154 valence electrons. The van der Waals surface area contributed by atoms with Gasteiger partial charge in [-0.3, -0.25) is 14.4 Å². The highest BCUT2D eigenvalue weighted by Crippen LogP contribution is 2.11. The maximum Gasteiger partial charge on any atom is 0.326 e. The Morgan fingerprint density at radius 2 is 1.66 bits per heavy atom. The van der Waals surface area contributed by atoms with E-state index in [9.17, 15) is 14.4 Å². The molecule has 2 aromatic rings. The standard InChI is InChI=1S/C22H26N2O5/c1-14-5-8-18(11-15(14)2)22(27)24-13-20(25)29-16(3)21(26)23-12-17-6-9-19(28-4)10-7-17/h5-11,16H,12-13H2,1-4H3,(H,23,26)(H,24,27)/t16-/m1/s1. The van der Waals surface area contributed by atoms with Crippen molar-refractivity contribution >= 4 is 17.8 Å². The molecule has 0 heterocycles. The predicted molar refractivity (Wildman–Crippen MR) is 109 cm³/mol.